The molecule has 0 radical (unpaired) electrons. The first kappa shape index (κ1) is 14.2. The van der Waals surface area contributed by atoms with Gasteiger partial charge in [-0.1, -0.05) is 18.1 Å². The first-order valence-electron chi connectivity index (χ1n) is 5.68. The van der Waals surface area contributed by atoms with Crippen molar-refractivity contribution in [1.29, 1.82) is 0 Å². The van der Waals surface area contributed by atoms with Gasteiger partial charge in [0.05, 0.1) is 10.6 Å². The molecule has 0 fully saturated rings. The van der Waals surface area contributed by atoms with E-state index in [2.05, 4.69) is 10.1 Å². The lowest BCUT2D eigenvalue weighted by molar-refractivity contribution is 0.249. The van der Waals surface area contributed by atoms with Gasteiger partial charge in [0.25, 0.3) is 5.89 Å². The highest BCUT2D eigenvalue weighted by molar-refractivity contribution is 7.90. The third-order valence-corrected chi connectivity index (χ3v) is 5.03. The van der Waals surface area contributed by atoms with E-state index in [0.717, 1.165) is 4.88 Å². The number of aromatic nitrogens is 2. The highest BCUT2D eigenvalue weighted by Gasteiger charge is 2.20. The summed E-state index contributed by atoms with van der Waals surface area (Å²) in [6, 6.07) is 3.67. The molecule has 0 amide bonds. The zero-order valence-electron chi connectivity index (χ0n) is 10.3. The van der Waals surface area contributed by atoms with Crippen LogP contribution in [0.2, 0.25) is 0 Å². The predicted octanol–water partition coefficient (Wildman–Crippen LogP) is 1.34. The van der Waals surface area contributed by atoms with Gasteiger partial charge in [0.15, 0.2) is 15.7 Å². The van der Waals surface area contributed by atoms with Crippen LogP contribution in [0.5, 0.6) is 0 Å². The summed E-state index contributed by atoms with van der Waals surface area (Å²) in [5.41, 5.74) is 0. The van der Waals surface area contributed by atoms with Gasteiger partial charge >= 0.3 is 0 Å². The molecule has 0 aliphatic heterocycles. The van der Waals surface area contributed by atoms with E-state index in [1.807, 2.05) is 17.5 Å². The molecule has 0 aliphatic rings. The third kappa shape index (κ3) is 3.85. The minimum Gasteiger partial charge on any atom is -0.396 e. The van der Waals surface area contributed by atoms with Crippen LogP contribution in [0, 0.1) is 5.92 Å². The Balaban J connectivity index is 2.08. The molecule has 2 heterocycles. The van der Waals surface area contributed by atoms with Gasteiger partial charge in [-0.2, -0.15) is 4.98 Å². The van der Waals surface area contributed by atoms with Crippen molar-refractivity contribution < 1.29 is 18.0 Å². The Morgan fingerprint density at radius 2 is 2.32 bits per heavy atom. The lowest BCUT2D eigenvalue weighted by Gasteiger charge is -2.06. The number of sulfone groups is 1. The smallest absolute Gasteiger partial charge is 0.268 e. The number of rotatable bonds is 6. The van der Waals surface area contributed by atoms with E-state index in [4.69, 9.17) is 9.63 Å². The molecule has 1 unspecified atom stereocenters. The van der Waals surface area contributed by atoms with Gasteiger partial charge in [0.2, 0.25) is 0 Å². The van der Waals surface area contributed by atoms with E-state index >= 15 is 0 Å². The second kappa shape index (κ2) is 5.81. The highest BCUT2D eigenvalue weighted by Crippen LogP contribution is 2.22. The van der Waals surface area contributed by atoms with Crippen LogP contribution in [0.4, 0.5) is 0 Å². The molecule has 0 aliphatic carbocycles. The molecule has 0 spiro atoms. The Labute approximate surface area is 115 Å². The number of aliphatic hydroxyl groups is 1. The fraction of sp³-hybridized carbons (Fsp3) is 0.455. The first-order chi connectivity index (χ1) is 9.00. The Bertz CT molecular complexity index is 619. The van der Waals surface area contributed by atoms with Crippen molar-refractivity contribution in [2.75, 3.05) is 12.4 Å². The summed E-state index contributed by atoms with van der Waals surface area (Å²) in [6.45, 7) is 1.51. The fourth-order valence-corrected chi connectivity index (χ4v) is 3.80. The van der Waals surface area contributed by atoms with E-state index in [0.29, 0.717) is 5.89 Å². The van der Waals surface area contributed by atoms with Crippen LogP contribution in [0.3, 0.4) is 0 Å². The zero-order valence-corrected chi connectivity index (χ0v) is 11.9. The van der Waals surface area contributed by atoms with E-state index in [1.54, 1.807) is 6.92 Å². The Kier molecular flexibility index (Phi) is 4.33. The van der Waals surface area contributed by atoms with Crippen molar-refractivity contribution in [1.82, 2.24) is 10.1 Å². The Hall–Kier alpha value is -1.25. The molecule has 0 saturated heterocycles. The lowest BCUT2D eigenvalue weighted by Crippen LogP contribution is -2.18. The fourth-order valence-electron chi connectivity index (χ4n) is 1.55. The average molecular weight is 302 g/mol. The van der Waals surface area contributed by atoms with E-state index in [9.17, 15) is 8.42 Å². The molecule has 1 N–H and O–H groups in total. The average Bonchev–Trinajstić information content (AvgIpc) is 2.97. The lowest BCUT2D eigenvalue weighted by atomic mass is 10.2. The van der Waals surface area contributed by atoms with Gasteiger partial charge < -0.3 is 9.63 Å². The molecule has 104 valence electrons. The number of thiophene rings is 1. The molecule has 8 heteroatoms. The second-order valence-corrected chi connectivity index (χ2v) is 7.39. The van der Waals surface area contributed by atoms with E-state index in [1.165, 1.54) is 11.3 Å². The maximum Gasteiger partial charge on any atom is 0.268 e. The van der Waals surface area contributed by atoms with Crippen molar-refractivity contribution in [2.24, 2.45) is 5.92 Å². The van der Waals surface area contributed by atoms with Gasteiger partial charge in [-0.15, -0.1) is 11.3 Å². The van der Waals surface area contributed by atoms with Gasteiger partial charge in [0.1, 0.15) is 5.75 Å². The molecular formula is C11H14N2O4S2. The molecule has 0 bridgehead atoms. The molecule has 6 nitrogen and oxygen atoms in total. The normalized spacial score (nSPS) is 13.6. The van der Waals surface area contributed by atoms with Crippen LogP contribution in [-0.2, 0) is 15.6 Å². The van der Waals surface area contributed by atoms with Crippen LogP contribution in [0.1, 0.15) is 12.7 Å². The summed E-state index contributed by atoms with van der Waals surface area (Å²) >= 11 is 1.44. The Morgan fingerprint density at radius 1 is 1.53 bits per heavy atom. The highest BCUT2D eigenvalue weighted by atomic mass is 32.2. The summed E-state index contributed by atoms with van der Waals surface area (Å²) in [4.78, 5) is 4.87. The summed E-state index contributed by atoms with van der Waals surface area (Å²) < 4.78 is 28.7. The maximum atomic E-state index is 11.8. The summed E-state index contributed by atoms with van der Waals surface area (Å²) in [5, 5.41) is 14.4. The minimum absolute atomic E-state index is 0.0909. The minimum atomic E-state index is -3.34. The van der Waals surface area contributed by atoms with Crippen LogP contribution < -0.4 is 0 Å². The SMILES string of the molecule is CC(CO)CS(=O)(=O)Cc1noc(-c2cccs2)n1. The van der Waals surface area contributed by atoms with E-state index in [-0.39, 0.29) is 29.9 Å². The van der Waals surface area contributed by atoms with Crippen LogP contribution in [-0.4, -0.2) is 36.0 Å². The van der Waals surface area contributed by atoms with Crippen molar-refractivity contribution in [2.45, 2.75) is 12.7 Å². The number of nitrogens with zero attached hydrogens (tertiary/aromatic N) is 2. The Morgan fingerprint density at radius 3 is 2.95 bits per heavy atom. The maximum absolute atomic E-state index is 11.8. The molecule has 2 rings (SSSR count). The molecule has 19 heavy (non-hydrogen) atoms. The zero-order chi connectivity index (χ0) is 13.9. The van der Waals surface area contributed by atoms with Crippen molar-refractivity contribution >= 4 is 21.2 Å². The largest absolute Gasteiger partial charge is 0.396 e. The standard InChI is InChI=1S/C11H14N2O4S2/c1-8(5-14)6-19(15,16)7-10-12-11(17-13-10)9-3-2-4-18-9/h2-4,8,14H,5-7H2,1H3. The second-order valence-electron chi connectivity index (χ2n) is 4.34. The van der Waals surface area contributed by atoms with E-state index < -0.39 is 9.84 Å². The molecule has 1 atom stereocenters. The molecule has 0 saturated carbocycles. The van der Waals surface area contributed by atoms with Crippen LogP contribution in [0.15, 0.2) is 22.0 Å². The summed E-state index contributed by atoms with van der Waals surface area (Å²) in [7, 11) is -3.34. The van der Waals surface area contributed by atoms with Gasteiger partial charge in [-0.3, -0.25) is 0 Å². The molecule has 2 aromatic rings. The summed E-state index contributed by atoms with van der Waals surface area (Å²) in [5.74, 6) is -0.184. The quantitative estimate of drug-likeness (QED) is 0.865. The number of hydrogen-bond acceptors (Lipinski definition) is 7. The number of hydrogen-bond donors (Lipinski definition) is 1. The van der Waals surface area contributed by atoms with Crippen LogP contribution in [0.25, 0.3) is 10.8 Å². The molecule has 2 aromatic heterocycles. The topological polar surface area (TPSA) is 93.3 Å². The van der Waals surface area contributed by atoms with Crippen LogP contribution >= 0.6 is 11.3 Å². The van der Waals surface area contributed by atoms with Crippen molar-refractivity contribution in [3.05, 3.63) is 23.3 Å². The third-order valence-electron chi connectivity index (χ3n) is 2.40. The first-order valence-corrected chi connectivity index (χ1v) is 8.38. The van der Waals surface area contributed by atoms with Crippen molar-refractivity contribution in [3.8, 4) is 10.8 Å². The number of aliphatic hydroxyl groups excluding tert-OH is 1. The summed E-state index contributed by atoms with van der Waals surface area (Å²) in [6.07, 6.45) is 0. The van der Waals surface area contributed by atoms with Crippen molar-refractivity contribution in [3.63, 3.8) is 0 Å². The predicted molar refractivity (Wildman–Crippen MR) is 71.4 cm³/mol. The van der Waals surface area contributed by atoms with Gasteiger partial charge in [0, 0.05) is 6.61 Å². The molecular weight excluding hydrogens is 288 g/mol. The monoisotopic (exact) mass is 302 g/mol. The molecule has 0 aromatic carbocycles. The van der Waals surface area contributed by atoms with Gasteiger partial charge in [-0.25, -0.2) is 8.42 Å². The van der Waals surface area contributed by atoms with Gasteiger partial charge in [-0.05, 0) is 17.4 Å².